The van der Waals surface area contributed by atoms with Crippen LogP contribution < -0.4 is 5.32 Å². The smallest absolute Gasteiger partial charge is 0.00937 e. The molecule has 2 nitrogen and oxygen atoms in total. The first-order valence-electron chi connectivity index (χ1n) is 5.20. The molecule has 0 aromatic carbocycles. The van der Waals surface area contributed by atoms with E-state index in [-0.39, 0.29) is 0 Å². The molecule has 0 amide bonds. The van der Waals surface area contributed by atoms with Crippen LogP contribution in [0.2, 0.25) is 0 Å². The number of hydrogen-bond acceptors (Lipinski definition) is 2. The fourth-order valence-electron chi connectivity index (χ4n) is 1.89. The molecule has 0 aromatic rings. The third kappa shape index (κ3) is 3.11. The average molecular weight is 170 g/mol. The van der Waals surface area contributed by atoms with Crippen molar-refractivity contribution in [1.29, 1.82) is 0 Å². The Morgan fingerprint density at radius 1 is 1.33 bits per heavy atom. The fourth-order valence-corrected chi connectivity index (χ4v) is 1.89. The van der Waals surface area contributed by atoms with Crippen molar-refractivity contribution in [2.24, 2.45) is 0 Å². The Morgan fingerprint density at radius 2 is 1.92 bits per heavy atom. The average Bonchev–Trinajstić information content (AvgIpc) is 2.05. The van der Waals surface area contributed by atoms with Crippen molar-refractivity contribution in [2.45, 2.75) is 45.7 Å². The quantitative estimate of drug-likeness (QED) is 0.690. The number of likely N-dealkylation sites (tertiary alicyclic amines) is 1. The molecule has 0 unspecified atom stereocenters. The van der Waals surface area contributed by atoms with Gasteiger partial charge in [0.15, 0.2) is 0 Å². The molecule has 0 bridgehead atoms. The van der Waals surface area contributed by atoms with Crippen LogP contribution in [0.4, 0.5) is 0 Å². The molecule has 0 aromatic heterocycles. The molecule has 1 heterocycles. The molecule has 1 rings (SSSR count). The number of nitrogens with zero attached hydrogens (tertiary/aromatic N) is 1. The molecule has 0 saturated carbocycles. The second kappa shape index (κ2) is 4.83. The highest BCUT2D eigenvalue weighted by atomic mass is 15.1. The van der Waals surface area contributed by atoms with Crippen molar-refractivity contribution >= 4 is 0 Å². The monoisotopic (exact) mass is 170 g/mol. The van der Waals surface area contributed by atoms with E-state index in [1.165, 1.54) is 32.5 Å². The maximum atomic E-state index is 3.60. The third-order valence-corrected chi connectivity index (χ3v) is 2.60. The van der Waals surface area contributed by atoms with Gasteiger partial charge in [0, 0.05) is 12.1 Å². The van der Waals surface area contributed by atoms with E-state index in [1.807, 2.05) is 0 Å². The summed E-state index contributed by atoms with van der Waals surface area (Å²) in [4.78, 5) is 2.53. The molecular weight excluding hydrogens is 148 g/mol. The second-order valence-corrected chi connectivity index (χ2v) is 4.03. The molecule has 1 fully saturated rings. The van der Waals surface area contributed by atoms with Crippen LogP contribution in [0.15, 0.2) is 0 Å². The number of piperidine rings is 1. The molecule has 0 radical (unpaired) electrons. The lowest BCUT2D eigenvalue weighted by atomic mass is 10.0. The van der Waals surface area contributed by atoms with Gasteiger partial charge in [-0.3, -0.25) is 0 Å². The summed E-state index contributed by atoms with van der Waals surface area (Å²) in [6.45, 7) is 10.5. The van der Waals surface area contributed by atoms with Crippen LogP contribution in [-0.4, -0.2) is 36.6 Å². The summed E-state index contributed by atoms with van der Waals surface area (Å²) in [7, 11) is 0. The molecule has 2 heteroatoms. The van der Waals surface area contributed by atoms with Crippen LogP contribution in [0.25, 0.3) is 0 Å². The van der Waals surface area contributed by atoms with Crippen LogP contribution in [0.3, 0.4) is 0 Å². The van der Waals surface area contributed by atoms with E-state index in [4.69, 9.17) is 0 Å². The first-order chi connectivity index (χ1) is 5.72. The van der Waals surface area contributed by atoms with E-state index < -0.39 is 0 Å². The van der Waals surface area contributed by atoms with E-state index in [9.17, 15) is 0 Å². The molecule has 72 valence electrons. The molecule has 0 spiro atoms. The van der Waals surface area contributed by atoms with E-state index in [2.05, 4.69) is 31.0 Å². The molecule has 12 heavy (non-hydrogen) atoms. The van der Waals surface area contributed by atoms with Crippen LogP contribution in [0.1, 0.15) is 33.6 Å². The Morgan fingerprint density at radius 3 is 2.33 bits per heavy atom. The summed E-state index contributed by atoms with van der Waals surface area (Å²) in [6.07, 6.45) is 2.65. The van der Waals surface area contributed by atoms with Crippen molar-refractivity contribution in [1.82, 2.24) is 10.2 Å². The first-order valence-corrected chi connectivity index (χ1v) is 5.20. The fraction of sp³-hybridized carbons (Fsp3) is 1.00. The predicted molar refractivity (Wildman–Crippen MR) is 53.4 cm³/mol. The number of rotatable bonds is 3. The SMILES string of the molecule is CCN1CCC(NC(C)C)CC1. The van der Waals surface area contributed by atoms with Gasteiger partial charge in [0.2, 0.25) is 0 Å². The van der Waals surface area contributed by atoms with Crippen LogP contribution in [-0.2, 0) is 0 Å². The van der Waals surface area contributed by atoms with Crippen molar-refractivity contribution in [3.8, 4) is 0 Å². The molecule has 0 atom stereocenters. The Kier molecular flexibility index (Phi) is 4.02. The second-order valence-electron chi connectivity index (χ2n) is 4.03. The topological polar surface area (TPSA) is 15.3 Å². The van der Waals surface area contributed by atoms with Gasteiger partial charge in [-0.25, -0.2) is 0 Å². The van der Waals surface area contributed by atoms with Crippen LogP contribution in [0, 0.1) is 0 Å². The molecule has 1 aliphatic rings. The van der Waals surface area contributed by atoms with Gasteiger partial charge in [0.25, 0.3) is 0 Å². The summed E-state index contributed by atoms with van der Waals surface area (Å²) < 4.78 is 0. The van der Waals surface area contributed by atoms with Gasteiger partial charge in [0.1, 0.15) is 0 Å². The zero-order valence-corrected chi connectivity index (χ0v) is 8.64. The van der Waals surface area contributed by atoms with Gasteiger partial charge in [0.05, 0.1) is 0 Å². The Labute approximate surface area is 76.3 Å². The molecule has 1 N–H and O–H groups in total. The minimum Gasteiger partial charge on any atom is -0.312 e. The Hall–Kier alpha value is -0.0800. The zero-order valence-electron chi connectivity index (χ0n) is 8.64. The van der Waals surface area contributed by atoms with Crippen LogP contribution >= 0.6 is 0 Å². The van der Waals surface area contributed by atoms with Gasteiger partial charge in [-0.05, 0) is 32.5 Å². The minimum absolute atomic E-state index is 0.642. The minimum atomic E-state index is 0.642. The van der Waals surface area contributed by atoms with Gasteiger partial charge >= 0.3 is 0 Å². The highest BCUT2D eigenvalue weighted by Crippen LogP contribution is 2.09. The van der Waals surface area contributed by atoms with E-state index >= 15 is 0 Å². The summed E-state index contributed by atoms with van der Waals surface area (Å²) in [5, 5.41) is 3.60. The first kappa shape index (κ1) is 10.0. The Bertz CT molecular complexity index is 115. The van der Waals surface area contributed by atoms with Gasteiger partial charge in [-0.2, -0.15) is 0 Å². The number of hydrogen-bond donors (Lipinski definition) is 1. The third-order valence-electron chi connectivity index (χ3n) is 2.60. The van der Waals surface area contributed by atoms with Crippen molar-refractivity contribution < 1.29 is 0 Å². The van der Waals surface area contributed by atoms with Crippen molar-refractivity contribution in [2.75, 3.05) is 19.6 Å². The Balaban J connectivity index is 2.17. The van der Waals surface area contributed by atoms with E-state index in [0.29, 0.717) is 6.04 Å². The maximum absolute atomic E-state index is 3.60. The summed E-state index contributed by atoms with van der Waals surface area (Å²) in [6, 6.07) is 1.41. The molecule has 0 aliphatic carbocycles. The normalized spacial score (nSPS) is 22.0. The van der Waals surface area contributed by atoms with Gasteiger partial charge < -0.3 is 10.2 Å². The molecular formula is C10H22N2. The lowest BCUT2D eigenvalue weighted by Gasteiger charge is -2.32. The van der Waals surface area contributed by atoms with Crippen LogP contribution in [0.5, 0.6) is 0 Å². The summed E-state index contributed by atoms with van der Waals surface area (Å²) in [5.74, 6) is 0. The maximum Gasteiger partial charge on any atom is 0.00937 e. The standard InChI is InChI=1S/C10H22N2/c1-4-12-7-5-10(6-8-12)11-9(2)3/h9-11H,4-8H2,1-3H3. The highest BCUT2D eigenvalue weighted by molar-refractivity contribution is 4.77. The summed E-state index contributed by atoms with van der Waals surface area (Å²) >= 11 is 0. The lowest BCUT2D eigenvalue weighted by molar-refractivity contribution is 0.201. The van der Waals surface area contributed by atoms with Gasteiger partial charge in [-0.15, -0.1) is 0 Å². The molecule has 1 aliphatic heterocycles. The van der Waals surface area contributed by atoms with Gasteiger partial charge in [-0.1, -0.05) is 20.8 Å². The van der Waals surface area contributed by atoms with E-state index in [1.54, 1.807) is 0 Å². The summed E-state index contributed by atoms with van der Waals surface area (Å²) in [5.41, 5.74) is 0. The highest BCUT2D eigenvalue weighted by Gasteiger charge is 2.17. The lowest BCUT2D eigenvalue weighted by Crippen LogP contribution is -2.44. The number of nitrogens with one attached hydrogen (secondary N) is 1. The predicted octanol–water partition coefficient (Wildman–Crippen LogP) is 1.47. The zero-order chi connectivity index (χ0) is 8.97. The van der Waals surface area contributed by atoms with E-state index in [0.717, 1.165) is 6.04 Å². The van der Waals surface area contributed by atoms with Crippen molar-refractivity contribution in [3.63, 3.8) is 0 Å². The van der Waals surface area contributed by atoms with Crippen molar-refractivity contribution in [3.05, 3.63) is 0 Å². The largest absolute Gasteiger partial charge is 0.312 e. The molecule has 1 saturated heterocycles.